The number of hydrogen-bond acceptors (Lipinski definition) is 6. The van der Waals surface area contributed by atoms with Crippen LogP contribution in [0.15, 0.2) is 41.4 Å². The summed E-state index contributed by atoms with van der Waals surface area (Å²) in [7, 11) is -3.44. The highest BCUT2D eigenvalue weighted by atomic mass is 32.2. The molecule has 1 aliphatic carbocycles. The van der Waals surface area contributed by atoms with Crippen LogP contribution in [-0.2, 0) is 16.4 Å². The molecule has 1 fully saturated rings. The fraction of sp³-hybridized carbons (Fsp3) is 0.556. The summed E-state index contributed by atoms with van der Waals surface area (Å²) < 4.78 is 105. The standard InChI is InChI=1S/C27H31F6N3O4S/c1-2-41(39,40)21-9-5-17(6-10-21)22(15-37)35-25(38)18-11-19-14-36(24(27(31,32)33)23(19)34-12-18)13-16-3-7-20(8-4-16)26(28,29)30/h5-6,9-12,16,20,22,24,37H,2-4,7-8,13-15H2,1H3,(H,35,38)/t16?,20?,22-,24?/m0/s1. The number of pyridine rings is 1. The smallest absolute Gasteiger partial charge is 0.394 e. The molecule has 226 valence electrons. The number of rotatable bonds is 8. The van der Waals surface area contributed by atoms with E-state index >= 15 is 0 Å². The van der Waals surface area contributed by atoms with Crippen molar-refractivity contribution >= 4 is 15.7 Å². The summed E-state index contributed by atoms with van der Waals surface area (Å²) in [6.45, 7) is 0.778. The maximum absolute atomic E-state index is 14.1. The summed E-state index contributed by atoms with van der Waals surface area (Å²) in [4.78, 5) is 18.2. The van der Waals surface area contributed by atoms with E-state index in [2.05, 4.69) is 10.3 Å². The third-order valence-electron chi connectivity index (χ3n) is 7.88. The van der Waals surface area contributed by atoms with Crippen LogP contribution in [0.25, 0.3) is 0 Å². The third kappa shape index (κ3) is 7.03. The molecule has 1 aromatic carbocycles. The number of aliphatic hydroxyl groups is 1. The van der Waals surface area contributed by atoms with Gasteiger partial charge in [-0.3, -0.25) is 14.7 Å². The molecule has 2 atom stereocenters. The van der Waals surface area contributed by atoms with Crippen LogP contribution < -0.4 is 5.32 Å². The highest BCUT2D eigenvalue weighted by molar-refractivity contribution is 7.91. The highest BCUT2D eigenvalue weighted by Gasteiger charge is 2.51. The van der Waals surface area contributed by atoms with Gasteiger partial charge in [0.2, 0.25) is 0 Å². The Bertz CT molecular complexity index is 1340. The summed E-state index contributed by atoms with van der Waals surface area (Å²) in [6, 6.07) is 4.00. The SMILES string of the molecule is CCS(=O)(=O)c1ccc([C@H](CO)NC(=O)c2cnc3c(c2)CN(CC2CCC(C(F)(F)F)CC2)C3C(F)(F)F)cc1. The molecule has 1 aromatic heterocycles. The van der Waals surface area contributed by atoms with Crippen LogP contribution in [-0.4, -0.2) is 60.6 Å². The van der Waals surface area contributed by atoms with Gasteiger partial charge in [-0.05, 0) is 60.9 Å². The largest absolute Gasteiger partial charge is 0.409 e. The first-order chi connectivity index (χ1) is 19.1. The number of nitrogens with zero attached hydrogens (tertiary/aromatic N) is 2. The van der Waals surface area contributed by atoms with Crippen LogP contribution in [0.1, 0.15) is 71.9 Å². The molecule has 0 saturated heterocycles. The number of carbonyl (C=O) groups excluding carboxylic acids is 1. The molecule has 41 heavy (non-hydrogen) atoms. The zero-order valence-corrected chi connectivity index (χ0v) is 23.0. The number of halogens is 6. The summed E-state index contributed by atoms with van der Waals surface area (Å²) in [6.07, 6.45) is -7.83. The van der Waals surface area contributed by atoms with E-state index in [4.69, 9.17) is 0 Å². The predicted molar refractivity (Wildman–Crippen MR) is 136 cm³/mol. The first-order valence-electron chi connectivity index (χ1n) is 13.2. The number of fused-ring (bicyclic) bond motifs is 1. The van der Waals surface area contributed by atoms with E-state index in [9.17, 15) is 44.7 Å². The molecule has 2 aliphatic rings. The Hall–Kier alpha value is -2.71. The maximum Gasteiger partial charge on any atom is 0.409 e. The van der Waals surface area contributed by atoms with Gasteiger partial charge in [-0.15, -0.1) is 0 Å². The molecule has 14 heteroatoms. The van der Waals surface area contributed by atoms with Crippen molar-refractivity contribution in [3.63, 3.8) is 0 Å². The van der Waals surface area contributed by atoms with Crippen molar-refractivity contribution in [3.05, 3.63) is 58.9 Å². The normalized spacial score (nSPS) is 22.8. The number of amides is 1. The van der Waals surface area contributed by atoms with E-state index in [-0.39, 0.29) is 72.2 Å². The third-order valence-corrected chi connectivity index (χ3v) is 9.63. The second-order valence-corrected chi connectivity index (χ2v) is 12.9. The number of aromatic nitrogens is 1. The molecule has 1 aliphatic heterocycles. The van der Waals surface area contributed by atoms with Crippen molar-refractivity contribution in [3.8, 4) is 0 Å². The Kier molecular flexibility index (Phi) is 9.05. The molecule has 0 radical (unpaired) electrons. The van der Waals surface area contributed by atoms with E-state index in [0.29, 0.717) is 5.56 Å². The number of sulfone groups is 1. The second kappa shape index (κ2) is 11.9. The molecule has 2 N–H and O–H groups in total. The van der Waals surface area contributed by atoms with Crippen molar-refractivity contribution in [1.29, 1.82) is 0 Å². The Morgan fingerprint density at radius 1 is 1.07 bits per heavy atom. The predicted octanol–water partition coefficient (Wildman–Crippen LogP) is 5.13. The Balaban J connectivity index is 1.47. The van der Waals surface area contributed by atoms with E-state index in [0.717, 1.165) is 6.20 Å². The lowest BCUT2D eigenvalue weighted by atomic mass is 9.81. The van der Waals surface area contributed by atoms with Gasteiger partial charge in [0.1, 0.15) is 6.04 Å². The Labute approximate surface area is 233 Å². The summed E-state index contributed by atoms with van der Waals surface area (Å²) >= 11 is 0. The molecule has 0 spiro atoms. The highest BCUT2D eigenvalue weighted by Crippen LogP contribution is 2.46. The lowest BCUT2D eigenvalue weighted by molar-refractivity contribution is -0.190. The number of carbonyl (C=O) groups is 1. The van der Waals surface area contributed by atoms with E-state index in [1.807, 2.05) is 0 Å². The number of benzene rings is 1. The van der Waals surface area contributed by atoms with Crippen molar-refractivity contribution in [1.82, 2.24) is 15.2 Å². The molecule has 1 saturated carbocycles. The van der Waals surface area contributed by atoms with E-state index < -0.39 is 52.7 Å². The first kappa shape index (κ1) is 31.2. The molecule has 2 aromatic rings. The molecule has 4 rings (SSSR count). The maximum atomic E-state index is 14.1. The molecular weight excluding hydrogens is 576 g/mol. The topological polar surface area (TPSA) is 99.6 Å². The van der Waals surface area contributed by atoms with Crippen LogP contribution >= 0.6 is 0 Å². The number of hydrogen-bond donors (Lipinski definition) is 2. The van der Waals surface area contributed by atoms with E-state index in [1.54, 1.807) is 0 Å². The lowest BCUT2D eigenvalue weighted by Crippen LogP contribution is -2.38. The van der Waals surface area contributed by atoms with Gasteiger partial charge < -0.3 is 10.4 Å². The van der Waals surface area contributed by atoms with Gasteiger partial charge >= 0.3 is 12.4 Å². The molecule has 1 unspecified atom stereocenters. The summed E-state index contributed by atoms with van der Waals surface area (Å²) in [5, 5.41) is 12.4. The van der Waals surface area contributed by atoms with Crippen LogP contribution in [0.3, 0.4) is 0 Å². The van der Waals surface area contributed by atoms with E-state index in [1.165, 1.54) is 42.2 Å². The Morgan fingerprint density at radius 3 is 2.24 bits per heavy atom. The minimum atomic E-state index is -4.68. The minimum absolute atomic E-state index is 0.0270. The second-order valence-electron chi connectivity index (χ2n) is 10.6. The zero-order valence-electron chi connectivity index (χ0n) is 22.2. The minimum Gasteiger partial charge on any atom is -0.394 e. The zero-order chi connectivity index (χ0) is 30.2. The van der Waals surface area contributed by atoms with Gasteiger partial charge in [-0.25, -0.2) is 8.42 Å². The summed E-state index contributed by atoms with van der Waals surface area (Å²) in [5.74, 6) is -2.54. The van der Waals surface area contributed by atoms with Crippen molar-refractivity contribution < 1.29 is 44.7 Å². The molecule has 1 amide bonds. The molecule has 7 nitrogen and oxygen atoms in total. The number of alkyl halides is 6. The fourth-order valence-corrected chi connectivity index (χ4v) is 6.47. The van der Waals surface area contributed by atoms with Gasteiger partial charge in [0, 0.05) is 19.3 Å². The molecule has 2 heterocycles. The van der Waals surface area contributed by atoms with Crippen molar-refractivity contribution in [2.75, 3.05) is 18.9 Å². The summed E-state index contributed by atoms with van der Waals surface area (Å²) in [5.41, 5.74) is 0.345. The van der Waals surface area contributed by atoms with Gasteiger partial charge in [0.05, 0.1) is 40.5 Å². The van der Waals surface area contributed by atoms with Crippen LogP contribution in [0, 0.1) is 11.8 Å². The van der Waals surface area contributed by atoms with Gasteiger partial charge in [-0.1, -0.05) is 19.1 Å². The fourth-order valence-electron chi connectivity index (χ4n) is 5.59. The van der Waals surface area contributed by atoms with Gasteiger partial charge in [0.25, 0.3) is 5.91 Å². The van der Waals surface area contributed by atoms with Gasteiger partial charge in [0.15, 0.2) is 9.84 Å². The lowest BCUT2D eigenvalue weighted by Gasteiger charge is -2.34. The molecular formula is C27H31F6N3O4S. The monoisotopic (exact) mass is 607 g/mol. The van der Waals surface area contributed by atoms with Crippen molar-refractivity contribution in [2.24, 2.45) is 11.8 Å². The average molecular weight is 608 g/mol. The van der Waals surface area contributed by atoms with Gasteiger partial charge in [-0.2, -0.15) is 26.3 Å². The van der Waals surface area contributed by atoms with Crippen molar-refractivity contribution in [2.45, 2.75) is 68.5 Å². The average Bonchev–Trinajstić information content (AvgIpc) is 3.29. The van der Waals surface area contributed by atoms with Crippen LogP contribution in [0.4, 0.5) is 26.3 Å². The first-order valence-corrected chi connectivity index (χ1v) is 14.9. The quantitative estimate of drug-likeness (QED) is 0.404. The molecule has 0 bridgehead atoms. The Morgan fingerprint density at radius 2 is 1.71 bits per heavy atom. The van der Waals surface area contributed by atoms with Crippen LogP contribution in [0.5, 0.6) is 0 Å². The number of nitrogens with one attached hydrogen (secondary N) is 1. The number of aliphatic hydroxyl groups excluding tert-OH is 1. The van der Waals surface area contributed by atoms with Crippen LogP contribution in [0.2, 0.25) is 0 Å².